The summed E-state index contributed by atoms with van der Waals surface area (Å²) in [7, 11) is 0. The molecule has 88 valence electrons. The smallest absolute Gasteiger partial charge is 0.220 e. The summed E-state index contributed by atoms with van der Waals surface area (Å²) < 4.78 is 0. The Kier molecular flexibility index (Phi) is 3.24. The first kappa shape index (κ1) is 11.4. The molecule has 0 aliphatic carbocycles. The summed E-state index contributed by atoms with van der Waals surface area (Å²) in [6.45, 7) is 2.47. The summed E-state index contributed by atoms with van der Waals surface area (Å²) >= 11 is 0. The Balaban J connectivity index is 2.10. The highest BCUT2D eigenvalue weighted by atomic mass is 16.1. The molecule has 2 N–H and O–H groups in total. The number of piperidine rings is 1. The number of nitrogens with one attached hydrogen (secondary N) is 2. The molecule has 17 heavy (non-hydrogen) atoms. The van der Waals surface area contributed by atoms with E-state index in [-0.39, 0.29) is 11.9 Å². The van der Waals surface area contributed by atoms with Gasteiger partial charge in [0.2, 0.25) is 5.91 Å². The van der Waals surface area contributed by atoms with E-state index < -0.39 is 0 Å². The molecular formula is C12H14N4O. The van der Waals surface area contributed by atoms with Crippen LogP contribution in [-0.4, -0.2) is 23.5 Å². The maximum Gasteiger partial charge on any atom is 0.220 e. The molecule has 1 fully saturated rings. The number of carbonyl (C=O) groups excluding carboxylic acids is 1. The van der Waals surface area contributed by atoms with Crippen LogP contribution in [0.25, 0.3) is 0 Å². The van der Waals surface area contributed by atoms with Gasteiger partial charge in [0.25, 0.3) is 0 Å². The molecule has 1 aromatic heterocycles. The van der Waals surface area contributed by atoms with Crippen molar-refractivity contribution in [3.05, 3.63) is 23.4 Å². The monoisotopic (exact) mass is 230 g/mol. The number of amides is 1. The second-order valence-corrected chi connectivity index (χ2v) is 4.14. The lowest BCUT2D eigenvalue weighted by Crippen LogP contribution is -2.42. The maximum atomic E-state index is 11.0. The number of anilines is 1. The zero-order valence-electron chi connectivity index (χ0n) is 9.66. The van der Waals surface area contributed by atoms with E-state index in [1.165, 1.54) is 0 Å². The Hall–Kier alpha value is -2.09. The van der Waals surface area contributed by atoms with Gasteiger partial charge >= 0.3 is 0 Å². The molecule has 1 saturated heterocycles. The average molecular weight is 230 g/mol. The number of hydrogen-bond donors (Lipinski definition) is 2. The first-order valence-corrected chi connectivity index (χ1v) is 5.60. The third kappa shape index (κ3) is 2.72. The van der Waals surface area contributed by atoms with E-state index in [0.29, 0.717) is 24.3 Å². The van der Waals surface area contributed by atoms with Crippen molar-refractivity contribution < 1.29 is 4.79 Å². The molecule has 2 heterocycles. The number of aromatic nitrogens is 1. The fourth-order valence-electron chi connectivity index (χ4n) is 1.81. The van der Waals surface area contributed by atoms with E-state index in [1.54, 1.807) is 6.07 Å². The fraction of sp³-hybridized carbons (Fsp3) is 0.417. The van der Waals surface area contributed by atoms with Gasteiger partial charge in [0.05, 0.1) is 5.56 Å². The fourth-order valence-corrected chi connectivity index (χ4v) is 1.81. The van der Waals surface area contributed by atoms with Crippen molar-refractivity contribution in [3.63, 3.8) is 0 Å². The quantitative estimate of drug-likeness (QED) is 0.793. The average Bonchev–Trinajstić information content (AvgIpc) is 2.32. The van der Waals surface area contributed by atoms with Gasteiger partial charge < -0.3 is 10.6 Å². The molecule has 1 aliphatic heterocycles. The van der Waals surface area contributed by atoms with Gasteiger partial charge in [-0.25, -0.2) is 4.98 Å². The van der Waals surface area contributed by atoms with Crippen LogP contribution in [-0.2, 0) is 4.79 Å². The number of hydrogen-bond acceptors (Lipinski definition) is 4. The Morgan fingerprint density at radius 1 is 1.59 bits per heavy atom. The van der Waals surface area contributed by atoms with Crippen molar-refractivity contribution in [2.75, 3.05) is 11.9 Å². The number of aryl methyl sites for hydroxylation is 1. The highest BCUT2D eigenvalue weighted by Gasteiger charge is 2.19. The van der Waals surface area contributed by atoms with Crippen molar-refractivity contribution in [2.24, 2.45) is 0 Å². The third-order valence-corrected chi connectivity index (χ3v) is 2.76. The molecule has 1 unspecified atom stereocenters. The highest BCUT2D eigenvalue weighted by Crippen LogP contribution is 2.15. The van der Waals surface area contributed by atoms with Gasteiger partial charge in [0.1, 0.15) is 11.9 Å². The Morgan fingerprint density at radius 2 is 2.41 bits per heavy atom. The van der Waals surface area contributed by atoms with Crippen molar-refractivity contribution in [2.45, 2.75) is 25.8 Å². The number of nitrogens with zero attached hydrogens (tertiary/aromatic N) is 2. The lowest BCUT2D eigenvalue weighted by molar-refractivity contribution is -0.122. The summed E-state index contributed by atoms with van der Waals surface area (Å²) in [6.07, 6.45) is 1.29. The molecule has 2 rings (SSSR count). The summed E-state index contributed by atoms with van der Waals surface area (Å²) in [5, 5.41) is 15.0. The summed E-state index contributed by atoms with van der Waals surface area (Å²) in [4.78, 5) is 15.3. The number of pyridine rings is 1. The minimum Gasteiger partial charge on any atom is -0.364 e. The second-order valence-electron chi connectivity index (χ2n) is 4.14. The third-order valence-electron chi connectivity index (χ3n) is 2.76. The molecule has 1 aromatic rings. The van der Waals surface area contributed by atoms with Crippen molar-refractivity contribution >= 4 is 11.7 Å². The van der Waals surface area contributed by atoms with Crippen LogP contribution < -0.4 is 10.6 Å². The van der Waals surface area contributed by atoms with E-state index in [1.807, 2.05) is 13.0 Å². The predicted octanol–water partition coefficient (Wildman–Crippen LogP) is 0.952. The predicted molar refractivity (Wildman–Crippen MR) is 63.3 cm³/mol. The minimum atomic E-state index is 0.0840. The normalized spacial score (nSPS) is 19.3. The van der Waals surface area contributed by atoms with E-state index in [4.69, 9.17) is 5.26 Å². The molecule has 5 nitrogen and oxygen atoms in total. The van der Waals surface area contributed by atoms with E-state index >= 15 is 0 Å². The number of rotatable bonds is 2. The van der Waals surface area contributed by atoms with E-state index in [0.717, 1.165) is 12.1 Å². The van der Waals surface area contributed by atoms with Crippen molar-refractivity contribution in [3.8, 4) is 6.07 Å². The lowest BCUT2D eigenvalue weighted by atomic mass is 10.1. The molecule has 0 radical (unpaired) electrons. The number of nitriles is 1. The van der Waals surface area contributed by atoms with Crippen LogP contribution in [0.15, 0.2) is 12.1 Å². The molecule has 0 aromatic carbocycles. The van der Waals surface area contributed by atoms with Crippen LogP contribution in [0.4, 0.5) is 5.82 Å². The summed E-state index contributed by atoms with van der Waals surface area (Å²) in [6, 6.07) is 5.82. The van der Waals surface area contributed by atoms with Gasteiger partial charge in [0, 0.05) is 24.7 Å². The van der Waals surface area contributed by atoms with Gasteiger partial charge in [-0.15, -0.1) is 0 Å². The molecule has 0 saturated carbocycles. The topological polar surface area (TPSA) is 77.8 Å². The Bertz CT molecular complexity index is 468. The lowest BCUT2D eigenvalue weighted by Gasteiger charge is -2.24. The van der Waals surface area contributed by atoms with Gasteiger partial charge in [-0.2, -0.15) is 5.26 Å². The van der Waals surface area contributed by atoms with Crippen molar-refractivity contribution in [1.82, 2.24) is 10.3 Å². The van der Waals surface area contributed by atoms with Gasteiger partial charge in [-0.05, 0) is 25.5 Å². The van der Waals surface area contributed by atoms with Crippen LogP contribution >= 0.6 is 0 Å². The van der Waals surface area contributed by atoms with Gasteiger partial charge in [-0.1, -0.05) is 0 Å². The van der Waals surface area contributed by atoms with Crippen LogP contribution in [0.1, 0.15) is 24.1 Å². The largest absolute Gasteiger partial charge is 0.364 e. The molecule has 5 heteroatoms. The molecular weight excluding hydrogens is 216 g/mol. The molecule has 0 bridgehead atoms. The van der Waals surface area contributed by atoms with Crippen LogP contribution in [0.3, 0.4) is 0 Å². The Labute approximate surface area is 99.9 Å². The maximum absolute atomic E-state index is 11.0. The van der Waals surface area contributed by atoms with E-state index in [2.05, 4.69) is 21.7 Å². The zero-order chi connectivity index (χ0) is 12.3. The molecule has 1 atom stereocenters. The van der Waals surface area contributed by atoms with Crippen LogP contribution in [0, 0.1) is 18.3 Å². The Morgan fingerprint density at radius 3 is 3.06 bits per heavy atom. The standard InChI is InChI=1S/C12H14N4O/c1-8-2-3-9(6-13)12(15-8)16-10-4-5-11(17)14-7-10/h2-3,10H,4-5,7H2,1H3,(H,14,17)(H,15,16). The first-order valence-electron chi connectivity index (χ1n) is 5.60. The van der Waals surface area contributed by atoms with E-state index in [9.17, 15) is 4.79 Å². The molecule has 0 spiro atoms. The summed E-state index contributed by atoms with van der Waals surface area (Å²) in [5.74, 6) is 0.689. The number of carbonyl (C=O) groups is 1. The van der Waals surface area contributed by atoms with Gasteiger partial charge in [0.15, 0.2) is 0 Å². The van der Waals surface area contributed by atoms with Gasteiger partial charge in [-0.3, -0.25) is 4.79 Å². The van der Waals surface area contributed by atoms with Crippen molar-refractivity contribution in [1.29, 1.82) is 5.26 Å². The van der Waals surface area contributed by atoms with Crippen LogP contribution in [0.2, 0.25) is 0 Å². The minimum absolute atomic E-state index is 0.0840. The first-order chi connectivity index (χ1) is 8.19. The zero-order valence-corrected chi connectivity index (χ0v) is 9.66. The SMILES string of the molecule is Cc1ccc(C#N)c(NC2CCC(=O)NC2)n1. The highest BCUT2D eigenvalue weighted by molar-refractivity contribution is 5.77. The molecule has 1 amide bonds. The second kappa shape index (κ2) is 4.83. The van der Waals surface area contributed by atoms with Crippen LogP contribution in [0.5, 0.6) is 0 Å². The summed E-state index contributed by atoms with van der Waals surface area (Å²) in [5.41, 5.74) is 1.40. The molecule has 1 aliphatic rings.